The van der Waals surface area contributed by atoms with Gasteiger partial charge in [-0.05, 0) is 24.6 Å². The molecule has 5 nitrogen and oxygen atoms in total. The number of hydrogen-bond donors (Lipinski definition) is 0. The summed E-state index contributed by atoms with van der Waals surface area (Å²) >= 11 is 0. The Balaban J connectivity index is 1.59. The Morgan fingerprint density at radius 2 is 1.83 bits per heavy atom. The molecule has 2 aromatic carbocycles. The summed E-state index contributed by atoms with van der Waals surface area (Å²) in [4.78, 5) is 5.41. The zero-order valence-corrected chi connectivity index (χ0v) is 13.5. The van der Waals surface area contributed by atoms with E-state index in [2.05, 4.69) is 5.16 Å². The summed E-state index contributed by atoms with van der Waals surface area (Å²) in [5.74, 6) is 0. The Hall–Kier alpha value is -2.18. The second kappa shape index (κ2) is 6.52. The highest BCUT2D eigenvalue weighted by molar-refractivity contribution is 7.86. The Labute approximate surface area is 135 Å². The van der Waals surface area contributed by atoms with E-state index < -0.39 is 16.2 Å². The van der Waals surface area contributed by atoms with Crippen molar-refractivity contribution in [2.24, 2.45) is 5.16 Å². The minimum absolute atomic E-state index is 0.0595. The lowest BCUT2D eigenvalue weighted by Crippen LogP contribution is -2.19. The van der Waals surface area contributed by atoms with Crippen molar-refractivity contribution in [3.63, 3.8) is 0 Å². The first kappa shape index (κ1) is 15.7. The second-order valence-electron chi connectivity index (χ2n) is 5.39. The van der Waals surface area contributed by atoms with Gasteiger partial charge in [-0.3, -0.25) is 4.18 Å². The van der Waals surface area contributed by atoms with Crippen LogP contribution in [0.25, 0.3) is 0 Å². The van der Waals surface area contributed by atoms with Crippen LogP contribution < -0.4 is 0 Å². The summed E-state index contributed by atoms with van der Waals surface area (Å²) < 4.78 is 29.4. The van der Waals surface area contributed by atoms with Crippen molar-refractivity contribution in [3.05, 3.63) is 65.7 Å². The van der Waals surface area contributed by atoms with Crippen molar-refractivity contribution in [1.82, 2.24) is 0 Å². The van der Waals surface area contributed by atoms with Crippen LogP contribution >= 0.6 is 0 Å². The fraction of sp³-hybridized carbons (Fsp3) is 0.235. The lowest BCUT2D eigenvalue weighted by molar-refractivity contribution is 0.0490. The van der Waals surface area contributed by atoms with Gasteiger partial charge >= 0.3 is 0 Å². The fourth-order valence-electron chi connectivity index (χ4n) is 2.26. The average Bonchev–Trinajstić information content (AvgIpc) is 3.03. The van der Waals surface area contributed by atoms with E-state index in [1.54, 1.807) is 12.1 Å². The van der Waals surface area contributed by atoms with Gasteiger partial charge < -0.3 is 4.84 Å². The summed E-state index contributed by atoms with van der Waals surface area (Å²) in [6.45, 7) is 1.84. The highest BCUT2D eigenvalue weighted by Crippen LogP contribution is 2.19. The maximum atomic E-state index is 12.1. The predicted molar refractivity (Wildman–Crippen MR) is 86.8 cm³/mol. The molecule has 23 heavy (non-hydrogen) atoms. The van der Waals surface area contributed by atoms with Crippen molar-refractivity contribution in [3.8, 4) is 0 Å². The first-order valence-corrected chi connectivity index (χ1v) is 8.70. The Kier molecular flexibility index (Phi) is 4.45. The minimum Gasteiger partial charge on any atom is -0.389 e. The highest BCUT2D eigenvalue weighted by Gasteiger charge is 2.25. The molecule has 0 fully saturated rings. The molecule has 0 spiro atoms. The zero-order chi connectivity index (χ0) is 16.3. The van der Waals surface area contributed by atoms with E-state index in [0.717, 1.165) is 16.8 Å². The molecule has 120 valence electrons. The normalized spacial score (nSPS) is 17.6. The number of nitrogens with zero attached hydrogens (tertiary/aromatic N) is 1. The SMILES string of the molecule is Cc1ccc(S(=O)(=O)OC[C@H]2CC(c3ccccc3)=NO2)cc1. The number of hydrogen-bond acceptors (Lipinski definition) is 5. The molecular formula is C17H17NO4S. The van der Waals surface area contributed by atoms with Gasteiger partial charge in [0.1, 0.15) is 6.61 Å². The predicted octanol–water partition coefficient (Wildman–Crippen LogP) is 2.89. The van der Waals surface area contributed by atoms with E-state index in [1.807, 2.05) is 37.3 Å². The second-order valence-corrected chi connectivity index (χ2v) is 7.00. The lowest BCUT2D eigenvalue weighted by Gasteiger charge is -2.09. The van der Waals surface area contributed by atoms with Crippen LogP contribution in [0.3, 0.4) is 0 Å². The van der Waals surface area contributed by atoms with Crippen LogP contribution in [0.2, 0.25) is 0 Å². The molecule has 1 atom stereocenters. The molecule has 0 unspecified atom stereocenters. The molecule has 0 aromatic heterocycles. The van der Waals surface area contributed by atoms with Gasteiger partial charge in [0.15, 0.2) is 6.10 Å². The molecule has 1 aliphatic heterocycles. The van der Waals surface area contributed by atoms with Crippen LogP contribution in [-0.4, -0.2) is 26.8 Å². The van der Waals surface area contributed by atoms with Gasteiger partial charge in [0, 0.05) is 6.42 Å². The first-order valence-electron chi connectivity index (χ1n) is 7.29. The van der Waals surface area contributed by atoms with Crippen LogP contribution in [0.4, 0.5) is 0 Å². The van der Waals surface area contributed by atoms with Crippen LogP contribution in [0.15, 0.2) is 64.6 Å². The van der Waals surface area contributed by atoms with Gasteiger partial charge in [-0.25, -0.2) is 0 Å². The van der Waals surface area contributed by atoms with E-state index in [4.69, 9.17) is 9.02 Å². The van der Waals surface area contributed by atoms with Gasteiger partial charge in [-0.1, -0.05) is 53.2 Å². The first-order chi connectivity index (χ1) is 11.0. The summed E-state index contributed by atoms with van der Waals surface area (Å²) in [5, 5.41) is 4.01. The number of aryl methyl sites for hydroxylation is 1. The molecule has 6 heteroatoms. The number of benzene rings is 2. The van der Waals surface area contributed by atoms with Gasteiger partial charge in [0.25, 0.3) is 10.1 Å². The molecule has 3 rings (SSSR count). The van der Waals surface area contributed by atoms with Crippen LogP contribution in [0, 0.1) is 6.92 Å². The van der Waals surface area contributed by atoms with E-state index in [9.17, 15) is 8.42 Å². The van der Waals surface area contributed by atoms with Crippen molar-refractivity contribution in [2.45, 2.75) is 24.3 Å². The summed E-state index contributed by atoms with van der Waals surface area (Å²) in [5.41, 5.74) is 2.76. The maximum Gasteiger partial charge on any atom is 0.297 e. The van der Waals surface area contributed by atoms with Crippen LogP contribution in [0.5, 0.6) is 0 Å². The van der Waals surface area contributed by atoms with Crippen molar-refractivity contribution in [2.75, 3.05) is 6.61 Å². The Morgan fingerprint density at radius 1 is 1.13 bits per heavy atom. The fourth-order valence-corrected chi connectivity index (χ4v) is 3.19. The van der Waals surface area contributed by atoms with Crippen molar-refractivity contribution < 1.29 is 17.4 Å². The summed E-state index contributed by atoms with van der Waals surface area (Å²) in [7, 11) is -3.78. The monoisotopic (exact) mass is 331 g/mol. The molecule has 0 radical (unpaired) electrons. The van der Waals surface area contributed by atoms with E-state index in [1.165, 1.54) is 12.1 Å². The molecule has 0 saturated carbocycles. The standard InChI is InChI=1S/C17H17NO4S/c1-13-7-9-16(10-8-13)23(19,20)21-12-15-11-17(18-22-15)14-5-3-2-4-6-14/h2-10,15H,11-12H2,1H3/t15-/m1/s1. The third kappa shape index (κ3) is 3.78. The highest BCUT2D eigenvalue weighted by atomic mass is 32.2. The molecule has 0 N–H and O–H groups in total. The molecule has 0 aliphatic carbocycles. The quantitative estimate of drug-likeness (QED) is 0.790. The summed E-state index contributed by atoms with van der Waals surface area (Å²) in [6.07, 6.45) is 0.124. The van der Waals surface area contributed by atoms with Gasteiger partial charge in [-0.15, -0.1) is 0 Å². The van der Waals surface area contributed by atoms with Crippen molar-refractivity contribution in [1.29, 1.82) is 0 Å². The summed E-state index contributed by atoms with van der Waals surface area (Å²) in [6, 6.07) is 16.2. The zero-order valence-electron chi connectivity index (χ0n) is 12.7. The van der Waals surface area contributed by atoms with Crippen molar-refractivity contribution >= 4 is 15.8 Å². The molecule has 0 bridgehead atoms. The largest absolute Gasteiger partial charge is 0.389 e. The molecule has 1 aliphatic rings. The Bertz CT molecular complexity index is 798. The smallest absolute Gasteiger partial charge is 0.297 e. The Morgan fingerprint density at radius 3 is 2.52 bits per heavy atom. The van der Waals surface area contributed by atoms with E-state index in [-0.39, 0.29) is 11.5 Å². The van der Waals surface area contributed by atoms with E-state index >= 15 is 0 Å². The number of rotatable bonds is 5. The third-order valence-corrected chi connectivity index (χ3v) is 4.85. The van der Waals surface area contributed by atoms with Gasteiger partial charge in [0.2, 0.25) is 0 Å². The van der Waals surface area contributed by atoms with Crippen LogP contribution in [-0.2, 0) is 19.1 Å². The molecule has 2 aromatic rings. The molecule has 0 amide bonds. The van der Waals surface area contributed by atoms with Gasteiger partial charge in [-0.2, -0.15) is 8.42 Å². The molecular weight excluding hydrogens is 314 g/mol. The lowest BCUT2D eigenvalue weighted by atomic mass is 10.1. The average molecular weight is 331 g/mol. The third-order valence-electron chi connectivity index (χ3n) is 3.56. The topological polar surface area (TPSA) is 65.0 Å². The van der Waals surface area contributed by atoms with Gasteiger partial charge in [0.05, 0.1) is 10.6 Å². The maximum absolute atomic E-state index is 12.1. The number of oxime groups is 1. The molecule has 1 heterocycles. The van der Waals surface area contributed by atoms with E-state index in [0.29, 0.717) is 6.42 Å². The van der Waals surface area contributed by atoms with Crippen LogP contribution in [0.1, 0.15) is 17.5 Å². The molecule has 0 saturated heterocycles. The minimum atomic E-state index is -3.78.